The highest BCUT2D eigenvalue weighted by Crippen LogP contribution is 2.26. The lowest BCUT2D eigenvalue weighted by Crippen LogP contribution is -1.93. The molecule has 2 rings (SSSR count). The second-order valence-corrected chi connectivity index (χ2v) is 5.05. The van der Waals surface area contributed by atoms with Gasteiger partial charge in [-0.15, -0.1) is 0 Å². The molecule has 0 fully saturated rings. The van der Waals surface area contributed by atoms with Gasteiger partial charge in [-0.1, -0.05) is 35.5 Å². The van der Waals surface area contributed by atoms with Crippen molar-refractivity contribution < 1.29 is 0 Å². The summed E-state index contributed by atoms with van der Waals surface area (Å²) >= 11 is 7.35. The van der Waals surface area contributed by atoms with E-state index in [9.17, 15) is 0 Å². The van der Waals surface area contributed by atoms with Crippen molar-refractivity contribution in [3.05, 3.63) is 52.7 Å². The van der Waals surface area contributed by atoms with Crippen LogP contribution in [-0.4, -0.2) is 4.98 Å². The fourth-order valence-corrected chi connectivity index (χ4v) is 2.36. The highest BCUT2D eigenvalue weighted by molar-refractivity contribution is 7.98. The van der Waals surface area contributed by atoms with E-state index in [1.165, 1.54) is 18.0 Å². The zero-order chi connectivity index (χ0) is 13.0. The number of rotatable bonds is 3. The van der Waals surface area contributed by atoms with Crippen molar-refractivity contribution in [2.75, 3.05) is 5.73 Å². The summed E-state index contributed by atoms with van der Waals surface area (Å²) in [7, 11) is 0. The summed E-state index contributed by atoms with van der Waals surface area (Å²) in [6, 6.07) is 11.3. The van der Waals surface area contributed by atoms with E-state index < -0.39 is 0 Å². The number of hydrogen-bond acceptors (Lipinski definition) is 4. The molecule has 1 aromatic heterocycles. The zero-order valence-corrected chi connectivity index (χ0v) is 11.0. The van der Waals surface area contributed by atoms with E-state index in [4.69, 9.17) is 22.6 Å². The minimum atomic E-state index is 0.475. The lowest BCUT2D eigenvalue weighted by atomic mass is 10.2. The fraction of sp³-hybridized carbons (Fsp3) is 0.0769. The maximum absolute atomic E-state index is 8.72. The molecule has 5 heteroatoms. The van der Waals surface area contributed by atoms with Crippen molar-refractivity contribution in [3.8, 4) is 6.07 Å². The predicted molar refractivity (Wildman–Crippen MR) is 74.4 cm³/mol. The number of halogens is 1. The van der Waals surface area contributed by atoms with Crippen LogP contribution < -0.4 is 5.73 Å². The topological polar surface area (TPSA) is 62.7 Å². The Kier molecular flexibility index (Phi) is 4.08. The van der Waals surface area contributed by atoms with Gasteiger partial charge in [0.05, 0.1) is 11.3 Å². The number of nitrogens with zero attached hydrogens (tertiary/aromatic N) is 2. The Balaban J connectivity index is 2.06. The third-order valence-electron chi connectivity index (χ3n) is 2.30. The van der Waals surface area contributed by atoms with Crippen molar-refractivity contribution in [1.82, 2.24) is 4.98 Å². The standard InChI is InChI=1S/C13H10ClN3S/c14-11-3-1-9(2-4-11)8-18-13-12(16)5-10(6-15)7-17-13/h1-5,7H,8,16H2. The Bertz CT molecular complexity index is 590. The number of nitriles is 1. The highest BCUT2D eigenvalue weighted by atomic mass is 35.5. The molecular weight excluding hydrogens is 266 g/mol. The van der Waals surface area contributed by atoms with Gasteiger partial charge in [-0.25, -0.2) is 4.98 Å². The molecular formula is C13H10ClN3S. The molecule has 0 saturated heterocycles. The van der Waals surface area contributed by atoms with Gasteiger partial charge < -0.3 is 5.73 Å². The number of hydrogen-bond donors (Lipinski definition) is 1. The van der Waals surface area contributed by atoms with Crippen LogP contribution in [0, 0.1) is 11.3 Å². The van der Waals surface area contributed by atoms with Gasteiger partial charge in [0.15, 0.2) is 0 Å². The molecule has 0 unspecified atom stereocenters. The van der Waals surface area contributed by atoms with Gasteiger partial charge in [-0.3, -0.25) is 0 Å². The SMILES string of the molecule is N#Cc1cnc(SCc2ccc(Cl)cc2)c(N)c1. The van der Waals surface area contributed by atoms with E-state index in [1.807, 2.05) is 30.3 Å². The quantitative estimate of drug-likeness (QED) is 0.871. The van der Waals surface area contributed by atoms with Gasteiger partial charge in [0.2, 0.25) is 0 Å². The van der Waals surface area contributed by atoms with Crippen LogP contribution in [0.15, 0.2) is 41.6 Å². The van der Waals surface area contributed by atoms with Crippen LogP contribution in [0.25, 0.3) is 0 Å². The molecule has 18 heavy (non-hydrogen) atoms. The Morgan fingerprint density at radius 1 is 1.33 bits per heavy atom. The summed E-state index contributed by atoms with van der Waals surface area (Å²) in [5.74, 6) is 0.764. The van der Waals surface area contributed by atoms with Crippen LogP contribution in [0.4, 0.5) is 5.69 Å². The monoisotopic (exact) mass is 275 g/mol. The first-order chi connectivity index (χ1) is 8.69. The second kappa shape index (κ2) is 5.76. The van der Waals surface area contributed by atoms with E-state index in [-0.39, 0.29) is 0 Å². The number of nitrogen functional groups attached to an aromatic ring is 1. The van der Waals surface area contributed by atoms with Crippen molar-refractivity contribution in [2.24, 2.45) is 0 Å². The molecule has 2 N–H and O–H groups in total. The Morgan fingerprint density at radius 2 is 2.06 bits per heavy atom. The summed E-state index contributed by atoms with van der Waals surface area (Å²) in [4.78, 5) is 4.17. The van der Waals surface area contributed by atoms with Gasteiger partial charge in [0, 0.05) is 17.0 Å². The van der Waals surface area contributed by atoms with Crippen LogP contribution in [0.5, 0.6) is 0 Å². The summed E-state index contributed by atoms with van der Waals surface area (Å²) in [5.41, 5.74) is 7.99. The summed E-state index contributed by atoms with van der Waals surface area (Å²) in [6.45, 7) is 0. The van der Waals surface area contributed by atoms with Crippen LogP contribution in [0.3, 0.4) is 0 Å². The molecule has 0 spiro atoms. The van der Waals surface area contributed by atoms with Crippen molar-refractivity contribution in [2.45, 2.75) is 10.8 Å². The van der Waals surface area contributed by atoms with Gasteiger partial charge in [0.1, 0.15) is 11.1 Å². The minimum Gasteiger partial charge on any atom is -0.397 e. The Hall–Kier alpha value is -1.70. The molecule has 1 heterocycles. The molecule has 2 aromatic rings. The van der Waals surface area contributed by atoms with Crippen molar-refractivity contribution in [3.63, 3.8) is 0 Å². The third-order valence-corrected chi connectivity index (χ3v) is 3.64. The summed E-state index contributed by atoms with van der Waals surface area (Å²) in [5, 5.41) is 10.2. The van der Waals surface area contributed by atoms with Crippen molar-refractivity contribution in [1.29, 1.82) is 5.26 Å². The first-order valence-electron chi connectivity index (χ1n) is 5.22. The van der Waals surface area contributed by atoms with Gasteiger partial charge in [-0.2, -0.15) is 5.26 Å². The lowest BCUT2D eigenvalue weighted by Gasteiger charge is -2.04. The van der Waals surface area contributed by atoms with Crippen LogP contribution in [0.1, 0.15) is 11.1 Å². The third kappa shape index (κ3) is 3.16. The average molecular weight is 276 g/mol. The number of anilines is 1. The van der Waals surface area contributed by atoms with Crippen LogP contribution in [-0.2, 0) is 5.75 Å². The molecule has 0 amide bonds. The normalized spacial score (nSPS) is 10.0. The second-order valence-electron chi connectivity index (χ2n) is 3.65. The predicted octanol–water partition coefficient (Wildman–Crippen LogP) is 3.48. The van der Waals surface area contributed by atoms with Crippen LogP contribution >= 0.6 is 23.4 Å². The first kappa shape index (κ1) is 12.7. The first-order valence-corrected chi connectivity index (χ1v) is 6.58. The van der Waals surface area contributed by atoms with Gasteiger partial charge >= 0.3 is 0 Å². The maximum Gasteiger partial charge on any atom is 0.119 e. The molecule has 3 nitrogen and oxygen atoms in total. The van der Waals surface area contributed by atoms with E-state index in [0.717, 1.165) is 21.4 Å². The molecule has 1 aromatic carbocycles. The highest BCUT2D eigenvalue weighted by Gasteiger charge is 2.04. The van der Waals surface area contributed by atoms with E-state index in [0.29, 0.717) is 11.3 Å². The fourth-order valence-electron chi connectivity index (χ4n) is 1.38. The minimum absolute atomic E-state index is 0.475. The van der Waals surface area contributed by atoms with E-state index in [2.05, 4.69) is 4.98 Å². The maximum atomic E-state index is 8.72. The van der Waals surface area contributed by atoms with E-state index in [1.54, 1.807) is 6.07 Å². The molecule has 0 aliphatic rings. The summed E-state index contributed by atoms with van der Waals surface area (Å²) < 4.78 is 0. The summed E-state index contributed by atoms with van der Waals surface area (Å²) in [6.07, 6.45) is 1.53. The van der Waals surface area contributed by atoms with E-state index >= 15 is 0 Å². The number of benzene rings is 1. The van der Waals surface area contributed by atoms with Crippen molar-refractivity contribution >= 4 is 29.1 Å². The van der Waals surface area contributed by atoms with Gasteiger partial charge in [-0.05, 0) is 23.8 Å². The molecule has 0 bridgehead atoms. The van der Waals surface area contributed by atoms with Gasteiger partial charge in [0.25, 0.3) is 0 Å². The lowest BCUT2D eigenvalue weighted by molar-refractivity contribution is 1.13. The number of thioether (sulfide) groups is 1. The average Bonchev–Trinajstić information content (AvgIpc) is 2.39. The molecule has 0 aliphatic heterocycles. The number of aromatic nitrogens is 1. The molecule has 0 atom stereocenters. The zero-order valence-electron chi connectivity index (χ0n) is 9.43. The molecule has 90 valence electrons. The Morgan fingerprint density at radius 3 is 2.67 bits per heavy atom. The smallest absolute Gasteiger partial charge is 0.119 e. The van der Waals surface area contributed by atoms with Crippen LogP contribution in [0.2, 0.25) is 5.02 Å². The molecule has 0 aliphatic carbocycles. The molecule has 0 saturated carbocycles. The number of pyridine rings is 1. The molecule has 0 radical (unpaired) electrons. The number of nitrogens with two attached hydrogens (primary N) is 1. The largest absolute Gasteiger partial charge is 0.397 e. The Labute approximate surface area is 115 Å².